The van der Waals surface area contributed by atoms with Crippen LogP contribution in [0.2, 0.25) is 0 Å². The lowest BCUT2D eigenvalue weighted by Crippen LogP contribution is -2.53. The Morgan fingerprint density at radius 2 is 1.75 bits per heavy atom. The van der Waals surface area contributed by atoms with Crippen molar-refractivity contribution in [2.24, 2.45) is 5.92 Å². The molecule has 0 saturated carbocycles. The van der Waals surface area contributed by atoms with E-state index >= 15 is 0 Å². The lowest BCUT2D eigenvalue weighted by atomic mass is 10.0. The summed E-state index contributed by atoms with van der Waals surface area (Å²) in [6.45, 7) is 7.76. The molecule has 212 valence electrons. The number of amides is 2. The molecule has 0 N–H and O–H groups in total. The summed E-state index contributed by atoms with van der Waals surface area (Å²) >= 11 is 0. The fraction of sp³-hybridized carbons (Fsp3) is 0.400. The largest absolute Gasteiger partial charge is 0.444 e. The number of fused-ring (bicyclic) bond motifs is 1. The van der Waals surface area contributed by atoms with Crippen LogP contribution in [0.5, 0.6) is 0 Å². The molecule has 0 radical (unpaired) electrons. The fourth-order valence-corrected chi connectivity index (χ4v) is 4.82. The predicted molar refractivity (Wildman–Crippen MR) is 148 cm³/mol. The first-order chi connectivity index (χ1) is 19.0. The van der Waals surface area contributed by atoms with Crippen molar-refractivity contribution in [2.75, 3.05) is 33.7 Å². The van der Waals surface area contributed by atoms with Gasteiger partial charge in [-0.2, -0.15) is 0 Å². The van der Waals surface area contributed by atoms with Gasteiger partial charge in [0.15, 0.2) is 6.73 Å². The number of ketones is 1. The van der Waals surface area contributed by atoms with Gasteiger partial charge in [0.2, 0.25) is 5.78 Å². The van der Waals surface area contributed by atoms with Crippen LogP contribution in [0.1, 0.15) is 47.1 Å². The number of carbonyl (C=O) groups excluding carboxylic acids is 4. The molecule has 0 bridgehead atoms. The van der Waals surface area contributed by atoms with Gasteiger partial charge in [0.1, 0.15) is 5.82 Å². The van der Waals surface area contributed by atoms with Crippen LogP contribution in [0, 0.1) is 11.7 Å². The highest BCUT2D eigenvalue weighted by atomic mass is 19.1. The van der Waals surface area contributed by atoms with Crippen LogP contribution in [0.25, 0.3) is 10.9 Å². The average molecular weight is 551 g/mol. The third-order valence-electron chi connectivity index (χ3n) is 7.08. The number of carbonyl (C=O) groups is 4. The summed E-state index contributed by atoms with van der Waals surface area (Å²) in [5.74, 6) is -2.51. The van der Waals surface area contributed by atoms with Crippen molar-refractivity contribution in [3.63, 3.8) is 0 Å². The molecule has 1 atom stereocenters. The normalized spacial score (nSPS) is 15.9. The average Bonchev–Trinajstić information content (AvgIpc) is 3.29. The number of hydrogen-bond donors (Lipinski definition) is 0. The maximum absolute atomic E-state index is 13.9. The van der Waals surface area contributed by atoms with Crippen molar-refractivity contribution in [3.8, 4) is 0 Å². The van der Waals surface area contributed by atoms with Gasteiger partial charge in [-0.15, -0.1) is 0 Å². The monoisotopic (exact) mass is 550 g/mol. The summed E-state index contributed by atoms with van der Waals surface area (Å²) in [5, 5.41) is 0.504. The van der Waals surface area contributed by atoms with E-state index in [1.54, 1.807) is 53.8 Å². The molecule has 0 unspecified atom stereocenters. The van der Waals surface area contributed by atoms with Gasteiger partial charge in [-0.1, -0.05) is 26.0 Å². The molecule has 2 amide bonds. The maximum Gasteiger partial charge on any atom is 0.310 e. The fourth-order valence-electron chi connectivity index (χ4n) is 4.82. The molecule has 9 nitrogen and oxygen atoms in total. The molecule has 3 aromatic rings. The molecular formula is C30H35FN4O5. The van der Waals surface area contributed by atoms with Gasteiger partial charge < -0.3 is 19.1 Å². The highest BCUT2D eigenvalue weighted by Gasteiger charge is 2.30. The second-order valence-corrected chi connectivity index (χ2v) is 10.7. The van der Waals surface area contributed by atoms with Gasteiger partial charge >= 0.3 is 5.97 Å². The number of nitrogens with zero attached hydrogens (tertiary/aromatic N) is 4. The van der Waals surface area contributed by atoms with Gasteiger partial charge in [-0.05, 0) is 42.8 Å². The third kappa shape index (κ3) is 6.22. The van der Waals surface area contributed by atoms with Gasteiger partial charge in [-0.25, -0.2) is 4.39 Å². The second kappa shape index (κ2) is 12.0. The van der Waals surface area contributed by atoms with Gasteiger partial charge in [-0.3, -0.25) is 24.1 Å². The molecule has 4 rings (SSSR count). The minimum atomic E-state index is -0.674. The SMILES string of the molecule is CC(C)C(=O)OCn1cc(C(=O)N2CCN(Cc3ccc(F)cc3)C[C@H]2C)c2cc(C(=O)C(=O)N(C)C)ccc21. The smallest absolute Gasteiger partial charge is 0.310 e. The van der Waals surface area contributed by atoms with E-state index in [0.29, 0.717) is 42.6 Å². The van der Waals surface area contributed by atoms with Crippen LogP contribution in [0.3, 0.4) is 0 Å². The Hall–Kier alpha value is -4.05. The number of Topliss-reactive ketones (excluding diaryl/α,β-unsaturated/α-hetero) is 1. The van der Waals surface area contributed by atoms with Crippen LogP contribution in [0.4, 0.5) is 4.39 Å². The molecule has 0 aliphatic carbocycles. The maximum atomic E-state index is 13.9. The molecule has 2 heterocycles. The summed E-state index contributed by atoms with van der Waals surface area (Å²) in [6.07, 6.45) is 1.64. The number of aromatic nitrogens is 1. The van der Waals surface area contributed by atoms with Crippen molar-refractivity contribution in [1.82, 2.24) is 19.3 Å². The Morgan fingerprint density at radius 3 is 2.38 bits per heavy atom. The third-order valence-corrected chi connectivity index (χ3v) is 7.08. The van der Waals surface area contributed by atoms with E-state index in [1.807, 2.05) is 6.92 Å². The number of benzene rings is 2. The molecule has 2 aromatic carbocycles. The topological polar surface area (TPSA) is 92.2 Å². The minimum absolute atomic E-state index is 0.0916. The van der Waals surface area contributed by atoms with Crippen molar-refractivity contribution in [3.05, 3.63) is 71.2 Å². The highest BCUT2D eigenvalue weighted by molar-refractivity contribution is 6.43. The van der Waals surface area contributed by atoms with E-state index in [2.05, 4.69) is 4.90 Å². The highest BCUT2D eigenvalue weighted by Crippen LogP contribution is 2.27. The zero-order chi connectivity index (χ0) is 29.1. The molecule has 1 saturated heterocycles. The first-order valence-corrected chi connectivity index (χ1v) is 13.3. The lowest BCUT2D eigenvalue weighted by Gasteiger charge is -2.40. The number of likely N-dealkylation sites (N-methyl/N-ethyl adjacent to an activating group) is 1. The molecule has 1 aliphatic heterocycles. The molecule has 1 aliphatic rings. The van der Waals surface area contributed by atoms with Gasteiger partial charge in [0.25, 0.3) is 11.8 Å². The molecule has 1 aromatic heterocycles. The Labute approximate surface area is 233 Å². The van der Waals surface area contributed by atoms with E-state index in [0.717, 1.165) is 5.56 Å². The Bertz CT molecular complexity index is 1430. The molecule has 40 heavy (non-hydrogen) atoms. The van der Waals surface area contributed by atoms with E-state index in [9.17, 15) is 23.6 Å². The van der Waals surface area contributed by atoms with Crippen molar-refractivity contribution in [1.29, 1.82) is 0 Å². The zero-order valence-electron chi connectivity index (χ0n) is 23.5. The summed E-state index contributed by atoms with van der Waals surface area (Å²) in [7, 11) is 3.01. The van der Waals surface area contributed by atoms with Gasteiger partial charge in [0.05, 0.1) is 17.0 Å². The molecule has 1 fully saturated rings. The molecule has 10 heteroatoms. The van der Waals surface area contributed by atoms with Crippen LogP contribution in [-0.2, 0) is 27.6 Å². The van der Waals surface area contributed by atoms with Crippen LogP contribution in [-0.4, -0.2) is 82.6 Å². The molecular weight excluding hydrogens is 515 g/mol. The minimum Gasteiger partial charge on any atom is -0.444 e. The Kier molecular flexibility index (Phi) is 8.68. The van der Waals surface area contributed by atoms with Crippen LogP contribution in [0.15, 0.2) is 48.7 Å². The number of esters is 1. The first-order valence-electron chi connectivity index (χ1n) is 13.3. The summed E-state index contributed by atoms with van der Waals surface area (Å²) in [5.41, 5.74) is 2.14. The van der Waals surface area contributed by atoms with Crippen LogP contribution < -0.4 is 0 Å². The van der Waals surface area contributed by atoms with E-state index in [4.69, 9.17) is 4.74 Å². The quantitative estimate of drug-likeness (QED) is 0.242. The first kappa shape index (κ1) is 28.9. The predicted octanol–water partition coefficient (Wildman–Crippen LogP) is 3.55. The molecule has 0 spiro atoms. The van der Waals surface area contributed by atoms with Gasteiger partial charge in [0, 0.05) is 63.5 Å². The number of rotatable bonds is 8. The Morgan fingerprint density at radius 1 is 1.05 bits per heavy atom. The lowest BCUT2D eigenvalue weighted by molar-refractivity contribution is -0.151. The summed E-state index contributed by atoms with van der Waals surface area (Å²) in [6, 6.07) is 11.1. The van der Waals surface area contributed by atoms with Crippen molar-refractivity contribution < 1.29 is 28.3 Å². The van der Waals surface area contributed by atoms with Crippen molar-refractivity contribution >= 4 is 34.5 Å². The summed E-state index contributed by atoms with van der Waals surface area (Å²) in [4.78, 5) is 56.3. The van der Waals surface area contributed by atoms with E-state index in [-0.39, 0.29) is 41.9 Å². The Balaban J connectivity index is 1.61. The number of ether oxygens (including phenoxy) is 1. The van der Waals surface area contributed by atoms with Crippen LogP contribution >= 0.6 is 0 Å². The number of halogens is 1. The number of hydrogen-bond acceptors (Lipinski definition) is 6. The summed E-state index contributed by atoms with van der Waals surface area (Å²) < 4.78 is 20.4. The second-order valence-electron chi connectivity index (χ2n) is 10.7. The standard InChI is InChI=1S/C30H35FN4O5/c1-19(2)30(39)40-18-34-17-25(24-14-22(8-11-26(24)34)27(36)29(38)32(4)5)28(37)35-13-12-33(15-20(35)3)16-21-6-9-23(31)10-7-21/h6-11,14,17,19-20H,12-13,15-16,18H2,1-5H3/t20-/m1/s1. The number of piperazine rings is 1. The van der Waals surface area contributed by atoms with E-state index in [1.165, 1.54) is 37.2 Å². The zero-order valence-corrected chi connectivity index (χ0v) is 23.5. The van der Waals surface area contributed by atoms with E-state index < -0.39 is 11.7 Å². The van der Waals surface area contributed by atoms with Crippen molar-refractivity contribution in [2.45, 2.75) is 40.1 Å².